The van der Waals surface area contributed by atoms with Crippen molar-refractivity contribution in [2.75, 3.05) is 29.2 Å². The molecule has 3 N–H and O–H groups in total. The Morgan fingerprint density at radius 3 is 2.27 bits per heavy atom. The number of benzene rings is 1. The summed E-state index contributed by atoms with van der Waals surface area (Å²) in [6, 6.07) is 6.92. The van der Waals surface area contributed by atoms with E-state index in [1.54, 1.807) is 29.2 Å². The number of carbonyl (C=O) groups is 2. The number of nitrogens with one attached hydrogen (secondary N) is 1. The van der Waals surface area contributed by atoms with Crippen molar-refractivity contribution in [3.8, 4) is 0 Å². The number of rotatable bonds is 6. The van der Waals surface area contributed by atoms with Crippen molar-refractivity contribution < 1.29 is 9.59 Å². The van der Waals surface area contributed by atoms with Crippen molar-refractivity contribution in [1.29, 1.82) is 0 Å². The zero-order valence-electron chi connectivity index (χ0n) is 19.8. The van der Waals surface area contributed by atoms with Crippen LogP contribution in [-0.4, -0.2) is 48.0 Å². The maximum atomic E-state index is 12.3. The number of nitrogens with zero attached hydrogens (tertiary/aromatic N) is 4. The second-order valence-corrected chi connectivity index (χ2v) is 9.36. The Hall–Kier alpha value is -3.16. The molecule has 8 heteroatoms. The van der Waals surface area contributed by atoms with Crippen LogP contribution in [0.15, 0.2) is 24.3 Å². The molecule has 1 fully saturated rings. The van der Waals surface area contributed by atoms with Crippen molar-refractivity contribution >= 4 is 29.3 Å². The van der Waals surface area contributed by atoms with Crippen LogP contribution in [0.25, 0.3) is 0 Å². The fourth-order valence-electron chi connectivity index (χ4n) is 5.04. The molecule has 0 bridgehead atoms. The minimum absolute atomic E-state index is 0.000536. The van der Waals surface area contributed by atoms with Crippen LogP contribution < -0.4 is 20.9 Å². The van der Waals surface area contributed by atoms with Crippen molar-refractivity contribution in [2.45, 2.75) is 70.4 Å². The van der Waals surface area contributed by atoms with E-state index < -0.39 is 6.03 Å². The highest BCUT2D eigenvalue weighted by Crippen LogP contribution is 2.31. The summed E-state index contributed by atoms with van der Waals surface area (Å²) < 4.78 is 0. The molecular weight excluding hydrogens is 416 g/mol. The van der Waals surface area contributed by atoms with Crippen molar-refractivity contribution in [3.63, 3.8) is 0 Å². The van der Waals surface area contributed by atoms with Crippen LogP contribution in [0.5, 0.6) is 0 Å². The Kier molecular flexibility index (Phi) is 6.81. The Morgan fingerprint density at radius 1 is 1.00 bits per heavy atom. The third-order valence-electron chi connectivity index (χ3n) is 6.77. The normalized spacial score (nSPS) is 20.0. The largest absolute Gasteiger partial charge is 0.362 e. The van der Waals surface area contributed by atoms with Crippen molar-refractivity contribution in [2.24, 2.45) is 5.73 Å². The minimum Gasteiger partial charge on any atom is -0.362 e. The second-order valence-electron chi connectivity index (χ2n) is 9.36. The molecule has 4 rings (SSSR count). The van der Waals surface area contributed by atoms with Gasteiger partial charge in [-0.15, -0.1) is 0 Å². The molecule has 2 amide bonds. The Morgan fingerprint density at radius 2 is 1.67 bits per heavy atom. The zero-order valence-corrected chi connectivity index (χ0v) is 19.8. The highest BCUT2D eigenvalue weighted by Gasteiger charge is 2.30. The van der Waals surface area contributed by atoms with E-state index >= 15 is 0 Å². The molecule has 0 spiro atoms. The third-order valence-corrected chi connectivity index (χ3v) is 6.77. The van der Waals surface area contributed by atoms with Gasteiger partial charge >= 0.3 is 6.03 Å². The molecule has 2 aliphatic carbocycles. The van der Waals surface area contributed by atoms with E-state index in [0.29, 0.717) is 11.5 Å². The zero-order chi connectivity index (χ0) is 23.5. The van der Waals surface area contributed by atoms with Crippen LogP contribution in [-0.2, 0) is 12.8 Å². The maximum absolute atomic E-state index is 12.3. The molecule has 8 nitrogen and oxygen atoms in total. The molecule has 1 saturated carbocycles. The SMILES string of the molecule is CC(=O)c1ccc(N(C(N)=O)C2CCC(Nc3nc4c(c(N(C)C)n3)CCCC4)CC2)cc1. The van der Waals surface area contributed by atoms with Gasteiger partial charge < -0.3 is 16.0 Å². The number of hydrogen-bond acceptors (Lipinski definition) is 6. The minimum atomic E-state index is -0.462. The van der Waals surface area contributed by atoms with E-state index in [1.165, 1.54) is 31.0 Å². The topological polar surface area (TPSA) is 104 Å². The maximum Gasteiger partial charge on any atom is 0.319 e. The standard InChI is InChI=1S/C25H34N6O2/c1-16(32)17-8-12-19(13-9-17)31(24(26)33)20-14-10-18(11-15-20)27-25-28-22-7-5-4-6-21(22)23(29-25)30(2)3/h8-9,12-13,18,20H,4-7,10-11,14-15H2,1-3H3,(H2,26,33)(H,27,28,29). The number of ketones is 1. The molecule has 0 unspecified atom stereocenters. The number of primary amides is 1. The second kappa shape index (κ2) is 9.77. The lowest BCUT2D eigenvalue weighted by atomic mass is 9.90. The number of Topliss-reactive ketones (excluding diaryl/α,β-unsaturated/α-hetero) is 1. The van der Waals surface area contributed by atoms with Gasteiger partial charge in [0, 0.05) is 43.0 Å². The lowest BCUT2D eigenvalue weighted by Crippen LogP contribution is -2.46. The van der Waals surface area contributed by atoms with E-state index in [1.807, 2.05) is 14.1 Å². The number of fused-ring (bicyclic) bond motifs is 1. The number of nitrogens with two attached hydrogens (primary N) is 1. The fourth-order valence-corrected chi connectivity index (χ4v) is 5.04. The number of aromatic nitrogens is 2. The van der Waals surface area contributed by atoms with E-state index in [-0.39, 0.29) is 17.9 Å². The molecule has 2 aromatic rings. The first-order chi connectivity index (χ1) is 15.8. The van der Waals surface area contributed by atoms with Gasteiger partial charge in [0.15, 0.2) is 5.78 Å². The number of urea groups is 1. The molecule has 0 radical (unpaired) electrons. The fraction of sp³-hybridized carbons (Fsp3) is 0.520. The molecule has 1 aromatic heterocycles. The Balaban J connectivity index is 1.43. The van der Waals surface area contributed by atoms with Crippen LogP contribution in [0.3, 0.4) is 0 Å². The average Bonchev–Trinajstić information content (AvgIpc) is 2.80. The smallest absolute Gasteiger partial charge is 0.319 e. The molecule has 0 saturated heterocycles. The molecule has 33 heavy (non-hydrogen) atoms. The van der Waals surface area contributed by atoms with Gasteiger partial charge in [0.2, 0.25) is 5.95 Å². The Bertz CT molecular complexity index is 1010. The van der Waals surface area contributed by atoms with Gasteiger partial charge in [-0.3, -0.25) is 9.69 Å². The molecule has 1 aromatic carbocycles. The van der Waals surface area contributed by atoms with Crippen molar-refractivity contribution in [3.05, 3.63) is 41.1 Å². The average molecular weight is 451 g/mol. The molecule has 1 heterocycles. The summed E-state index contributed by atoms with van der Waals surface area (Å²) in [5.41, 5.74) is 9.56. The van der Waals surface area contributed by atoms with Crippen LogP contribution in [0.4, 0.5) is 22.2 Å². The van der Waals surface area contributed by atoms with Gasteiger partial charge in [-0.1, -0.05) is 0 Å². The third kappa shape index (κ3) is 5.10. The number of amides is 2. The summed E-state index contributed by atoms with van der Waals surface area (Å²) in [4.78, 5) is 37.2. The summed E-state index contributed by atoms with van der Waals surface area (Å²) in [6.07, 6.45) is 7.90. The number of aryl methyl sites for hydroxylation is 1. The predicted octanol–water partition coefficient (Wildman–Crippen LogP) is 3.93. The van der Waals surface area contributed by atoms with E-state index in [9.17, 15) is 9.59 Å². The van der Waals surface area contributed by atoms with Crippen molar-refractivity contribution in [1.82, 2.24) is 9.97 Å². The molecular formula is C25H34N6O2. The quantitative estimate of drug-likeness (QED) is 0.646. The van der Waals surface area contributed by atoms with Crippen LogP contribution in [0.2, 0.25) is 0 Å². The van der Waals surface area contributed by atoms with Crippen LogP contribution in [0, 0.1) is 0 Å². The lowest BCUT2D eigenvalue weighted by molar-refractivity contribution is 0.101. The van der Waals surface area contributed by atoms with E-state index in [0.717, 1.165) is 50.0 Å². The van der Waals surface area contributed by atoms with Gasteiger partial charge in [0.1, 0.15) is 5.82 Å². The lowest BCUT2D eigenvalue weighted by Gasteiger charge is -2.36. The molecule has 176 valence electrons. The van der Waals surface area contributed by atoms with Gasteiger partial charge in [-0.05, 0) is 82.6 Å². The highest BCUT2D eigenvalue weighted by molar-refractivity contribution is 5.96. The summed E-state index contributed by atoms with van der Waals surface area (Å²) >= 11 is 0. The first-order valence-electron chi connectivity index (χ1n) is 11.9. The predicted molar refractivity (Wildman–Crippen MR) is 131 cm³/mol. The van der Waals surface area contributed by atoms with Crippen LogP contribution >= 0.6 is 0 Å². The highest BCUT2D eigenvalue weighted by atomic mass is 16.2. The summed E-state index contributed by atoms with van der Waals surface area (Å²) in [5.74, 6) is 1.72. The molecule has 0 atom stereocenters. The molecule has 0 aliphatic heterocycles. The number of anilines is 3. The Labute approximate surface area is 195 Å². The van der Waals surface area contributed by atoms with E-state index in [2.05, 4.69) is 10.2 Å². The van der Waals surface area contributed by atoms with Crippen LogP contribution in [0.1, 0.15) is 67.1 Å². The summed E-state index contributed by atoms with van der Waals surface area (Å²) in [6.45, 7) is 1.53. The summed E-state index contributed by atoms with van der Waals surface area (Å²) in [5, 5.41) is 3.55. The van der Waals surface area contributed by atoms with Gasteiger partial charge in [0.05, 0.1) is 5.69 Å². The molecule has 2 aliphatic rings. The number of carbonyl (C=O) groups excluding carboxylic acids is 2. The first kappa shape index (κ1) is 23.0. The summed E-state index contributed by atoms with van der Waals surface area (Å²) in [7, 11) is 4.07. The first-order valence-corrected chi connectivity index (χ1v) is 11.9. The van der Waals surface area contributed by atoms with Gasteiger partial charge in [-0.2, -0.15) is 4.98 Å². The van der Waals surface area contributed by atoms with Gasteiger partial charge in [0.25, 0.3) is 0 Å². The van der Waals surface area contributed by atoms with Gasteiger partial charge in [-0.25, -0.2) is 9.78 Å². The van der Waals surface area contributed by atoms with E-state index in [4.69, 9.17) is 15.7 Å². The number of hydrogen-bond donors (Lipinski definition) is 2. The monoisotopic (exact) mass is 450 g/mol.